The zero-order chi connectivity index (χ0) is 23.8. The van der Waals surface area contributed by atoms with Gasteiger partial charge >= 0.3 is 0 Å². The van der Waals surface area contributed by atoms with E-state index in [2.05, 4.69) is 25.5 Å². The van der Waals surface area contributed by atoms with E-state index in [-0.39, 0.29) is 29.4 Å². The van der Waals surface area contributed by atoms with E-state index in [1.165, 1.54) is 19.3 Å². The molecule has 3 N–H and O–H groups in total. The minimum Gasteiger partial charge on any atom is -0.351 e. The molecule has 3 aliphatic rings. The van der Waals surface area contributed by atoms with E-state index in [0.29, 0.717) is 23.8 Å². The van der Waals surface area contributed by atoms with Crippen molar-refractivity contribution in [2.45, 2.75) is 75.4 Å². The molecule has 0 atom stereocenters. The second-order valence-electron chi connectivity index (χ2n) is 10.3. The smallest absolute Gasteiger partial charge is 0.268 e. The fourth-order valence-electron chi connectivity index (χ4n) is 6.15. The third-order valence-corrected chi connectivity index (χ3v) is 8.04. The van der Waals surface area contributed by atoms with Gasteiger partial charge in [0.05, 0.1) is 5.54 Å². The summed E-state index contributed by atoms with van der Waals surface area (Å²) in [6.07, 6.45) is 11.3. The van der Waals surface area contributed by atoms with Crippen LogP contribution in [0.5, 0.6) is 0 Å². The minimum atomic E-state index is -0.0795. The minimum absolute atomic E-state index is 0.00511. The molecule has 0 bridgehead atoms. The molecule has 0 unspecified atom stereocenters. The van der Waals surface area contributed by atoms with Crippen molar-refractivity contribution in [3.63, 3.8) is 0 Å². The van der Waals surface area contributed by atoms with Gasteiger partial charge in [-0.1, -0.05) is 37.5 Å². The highest BCUT2D eigenvalue weighted by Crippen LogP contribution is 2.40. The fraction of sp³-hybridized carbons (Fsp3) is 0.481. The second kappa shape index (κ2) is 8.98. The van der Waals surface area contributed by atoms with E-state index in [1.54, 1.807) is 0 Å². The van der Waals surface area contributed by atoms with E-state index in [1.807, 2.05) is 42.6 Å². The van der Waals surface area contributed by atoms with Crippen LogP contribution in [-0.2, 0) is 5.54 Å². The van der Waals surface area contributed by atoms with Crippen LogP contribution >= 0.6 is 0 Å². The Morgan fingerprint density at radius 3 is 2.54 bits per heavy atom. The number of benzene rings is 1. The Kier molecular flexibility index (Phi) is 5.66. The largest absolute Gasteiger partial charge is 0.351 e. The van der Waals surface area contributed by atoms with E-state index in [4.69, 9.17) is 4.98 Å². The molecule has 2 aromatic heterocycles. The average Bonchev–Trinajstić information content (AvgIpc) is 3.29. The first-order chi connectivity index (χ1) is 17.1. The molecular weight excluding hydrogens is 440 g/mol. The van der Waals surface area contributed by atoms with Gasteiger partial charge in [-0.15, -0.1) is 0 Å². The number of fused-ring (bicyclic) bond motifs is 4. The Morgan fingerprint density at radius 2 is 1.77 bits per heavy atom. The number of hydrogen-bond donors (Lipinski definition) is 3. The van der Waals surface area contributed by atoms with Crippen LogP contribution in [0.15, 0.2) is 42.6 Å². The van der Waals surface area contributed by atoms with E-state index < -0.39 is 0 Å². The molecule has 35 heavy (non-hydrogen) atoms. The van der Waals surface area contributed by atoms with Crippen molar-refractivity contribution < 1.29 is 9.59 Å². The maximum absolute atomic E-state index is 12.7. The molecule has 8 nitrogen and oxygen atoms in total. The van der Waals surface area contributed by atoms with Gasteiger partial charge in [-0.2, -0.15) is 4.98 Å². The van der Waals surface area contributed by atoms with Crippen molar-refractivity contribution in [3.8, 4) is 0 Å². The number of hydrogen-bond acceptors (Lipinski definition) is 5. The third kappa shape index (κ3) is 4.15. The zero-order valence-electron chi connectivity index (χ0n) is 19.9. The Morgan fingerprint density at radius 1 is 1.03 bits per heavy atom. The molecule has 0 saturated heterocycles. The average molecular weight is 473 g/mol. The third-order valence-electron chi connectivity index (χ3n) is 8.04. The molecule has 0 radical (unpaired) electrons. The monoisotopic (exact) mass is 472 g/mol. The molecule has 182 valence electrons. The molecule has 1 aliphatic heterocycles. The highest BCUT2D eigenvalue weighted by molar-refractivity contribution is 5.99. The van der Waals surface area contributed by atoms with Crippen LogP contribution in [0.2, 0.25) is 0 Å². The molecule has 6 rings (SSSR count). The Hall–Kier alpha value is -3.42. The topological polar surface area (TPSA) is 101 Å². The molecule has 2 fully saturated rings. The lowest BCUT2D eigenvalue weighted by atomic mass is 9.80. The summed E-state index contributed by atoms with van der Waals surface area (Å²) < 4.78 is 2.21. The van der Waals surface area contributed by atoms with Gasteiger partial charge in [0.25, 0.3) is 11.8 Å². The lowest BCUT2D eigenvalue weighted by molar-refractivity contribution is 0.0833. The van der Waals surface area contributed by atoms with Crippen molar-refractivity contribution in [1.82, 2.24) is 25.2 Å². The van der Waals surface area contributed by atoms with Gasteiger partial charge in [-0.25, -0.2) is 4.98 Å². The molecule has 1 spiro atoms. The van der Waals surface area contributed by atoms with Crippen LogP contribution in [-0.4, -0.2) is 45.0 Å². The SMILES string of the molecule is O=C(NC1CCC(Nc2ncc3cc4n(c3n2)C2(CCCCC2)CNC4=O)CC1)c1ccccc1. The van der Waals surface area contributed by atoms with Crippen LogP contribution in [0.25, 0.3) is 11.0 Å². The summed E-state index contributed by atoms with van der Waals surface area (Å²) in [5.74, 6) is 0.589. The van der Waals surface area contributed by atoms with Gasteiger partial charge < -0.3 is 20.5 Å². The number of carbonyl (C=O) groups is 2. The van der Waals surface area contributed by atoms with Crippen molar-refractivity contribution >= 4 is 28.8 Å². The summed E-state index contributed by atoms with van der Waals surface area (Å²) in [6.45, 7) is 0.675. The van der Waals surface area contributed by atoms with Gasteiger partial charge in [0.15, 0.2) is 0 Å². The lowest BCUT2D eigenvalue weighted by Crippen LogP contribution is -2.52. The summed E-state index contributed by atoms with van der Waals surface area (Å²) in [6, 6.07) is 11.8. The summed E-state index contributed by atoms with van der Waals surface area (Å²) in [4.78, 5) is 34.6. The predicted octanol–water partition coefficient (Wildman–Crippen LogP) is 3.99. The van der Waals surface area contributed by atoms with Crippen molar-refractivity contribution in [2.24, 2.45) is 0 Å². The highest BCUT2D eigenvalue weighted by atomic mass is 16.2. The zero-order valence-corrected chi connectivity index (χ0v) is 19.9. The van der Waals surface area contributed by atoms with Crippen LogP contribution in [0.4, 0.5) is 5.95 Å². The Labute approximate surface area is 204 Å². The summed E-state index contributed by atoms with van der Waals surface area (Å²) in [5.41, 5.74) is 2.19. The highest BCUT2D eigenvalue weighted by Gasteiger charge is 2.41. The van der Waals surface area contributed by atoms with E-state index >= 15 is 0 Å². The summed E-state index contributed by atoms with van der Waals surface area (Å²) in [7, 11) is 0. The molecule has 3 aromatic rings. The van der Waals surface area contributed by atoms with Gasteiger partial charge in [-0.3, -0.25) is 9.59 Å². The number of rotatable bonds is 4. The molecule has 2 saturated carbocycles. The van der Waals surface area contributed by atoms with Gasteiger partial charge in [-0.05, 0) is 56.7 Å². The number of anilines is 1. The number of aromatic nitrogens is 3. The van der Waals surface area contributed by atoms with E-state index in [9.17, 15) is 9.59 Å². The lowest BCUT2D eigenvalue weighted by Gasteiger charge is -2.42. The molecule has 2 aliphatic carbocycles. The first-order valence-corrected chi connectivity index (χ1v) is 12.9. The van der Waals surface area contributed by atoms with Gasteiger partial charge in [0, 0.05) is 35.8 Å². The normalized spacial score (nSPS) is 23.5. The molecular formula is C27H32N6O2. The molecule has 3 heterocycles. The summed E-state index contributed by atoms with van der Waals surface area (Å²) >= 11 is 0. The van der Waals surface area contributed by atoms with Gasteiger partial charge in [0.2, 0.25) is 5.95 Å². The van der Waals surface area contributed by atoms with Crippen molar-refractivity contribution in [1.29, 1.82) is 0 Å². The van der Waals surface area contributed by atoms with Crippen LogP contribution in [0.3, 0.4) is 0 Å². The maximum Gasteiger partial charge on any atom is 0.268 e. The second-order valence-corrected chi connectivity index (χ2v) is 10.3. The summed E-state index contributed by atoms with van der Waals surface area (Å²) in [5, 5.41) is 10.7. The fourth-order valence-corrected chi connectivity index (χ4v) is 6.15. The quantitative estimate of drug-likeness (QED) is 0.533. The maximum atomic E-state index is 12.7. The predicted molar refractivity (Wildman–Crippen MR) is 134 cm³/mol. The Bertz CT molecular complexity index is 1240. The van der Waals surface area contributed by atoms with Crippen LogP contribution in [0.1, 0.15) is 78.6 Å². The standard InChI is InChI=1S/C27H32N6O2/c34-24(18-7-3-1-4-8-18)30-20-9-11-21(12-10-20)31-26-28-16-19-15-22-25(35)29-17-27(13-5-2-6-14-27)33(22)23(19)32-26/h1,3-4,7-8,15-16,20-21H,2,5-6,9-14,17H2,(H,29,35)(H,30,34)(H,28,31,32). The first-order valence-electron chi connectivity index (χ1n) is 12.9. The number of carbonyl (C=O) groups excluding carboxylic acids is 2. The van der Waals surface area contributed by atoms with Gasteiger partial charge in [0.1, 0.15) is 11.3 Å². The van der Waals surface area contributed by atoms with Crippen molar-refractivity contribution in [2.75, 3.05) is 11.9 Å². The number of nitrogens with one attached hydrogen (secondary N) is 3. The van der Waals surface area contributed by atoms with E-state index in [0.717, 1.165) is 49.6 Å². The molecule has 8 heteroatoms. The van der Waals surface area contributed by atoms with Crippen LogP contribution < -0.4 is 16.0 Å². The van der Waals surface area contributed by atoms with Crippen LogP contribution in [0, 0.1) is 0 Å². The Balaban J connectivity index is 1.16. The first kappa shape index (κ1) is 22.1. The van der Waals surface area contributed by atoms with Crippen molar-refractivity contribution in [3.05, 3.63) is 53.9 Å². The number of amides is 2. The molecule has 2 amide bonds. The number of nitrogens with zero attached hydrogens (tertiary/aromatic N) is 3. The molecule has 1 aromatic carbocycles.